The van der Waals surface area contributed by atoms with Gasteiger partial charge in [0.25, 0.3) is 0 Å². The van der Waals surface area contributed by atoms with Gasteiger partial charge >= 0.3 is 0 Å². The molecule has 0 spiro atoms. The number of nitrogens with two attached hydrogens (primary N) is 1. The molecule has 16 heavy (non-hydrogen) atoms. The average molecular weight is 225 g/mol. The minimum Gasteiger partial charge on any atom is -0.376 e. The molecule has 0 bridgehead atoms. The lowest BCUT2D eigenvalue weighted by Gasteiger charge is -2.11. The van der Waals surface area contributed by atoms with Crippen LogP contribution < -0.4 is 5.73 Å². The monoisotopic (exact) mass is 225 g/mol. The lowest BCUT2D eigenvalue weighted by molar-refractivity contribution is 0.00864. The van der Waals surface area contributed by atoms with E-state index in [2.05, 4.69) is 5.10 Å². The average Bonchev–Trinajstić information content (AvgIpc) is 2.90. The van der Waals surface area contributed by atoms with Gasteiger partial charge in [0, 0.05) is 25.8 Å². The van der Waals surface area contributed by atoms with Crippen molar-refractivity contribution in [1.29, 1.82) is 0 Å². The smallest absolute Gasteiger partial charge is 0.0889 e. The van der Waals surface area contributed by atoms with Crippen molar-refractivity contribution in [2.24, 2.45) is 12.8 Å². The molecule has 5 nitrogen and oxygen atoms in total. The van der Waals surface area contributed by atoms with E-state index in [-0.39, 0.29) is 6.10 Å². The van der Waals surface area contributed by atoms with E-state index in [4.69, 9.17) is 15.2 Å². The maximum absolute atomic E-state index is 5.64. The van der Waals surface area contributed by atoms with Crippen molar-refractivity contribution in [3.63, 3.8) is 0 Å². The van der Waals surface area contributed by atoms with E-state index >= 15 is 0 Å². The molecule has 1 fully saturated rings. The van der Waals surface area contributed by atoms with E-state index in [0.717, 1.165) is 30.7 Å². The van der Waals surface area contributed by atoms with Gasteiger partial charge < -0.3 is 15.2 Å². The van der Waals surface area contributed by atoms with Crippen LogP contribution in [0.15, 0.2) is 6.20 Å². The first kappa shape index (κ1) is 11.6. The van der Waals surface area contributed by atoms with Crippen LogP contribution in [0.1, 0.15) is 24.1 Å². The lowest BCUT2D eigenvalue weighted by Crippen LogP contribution is -2.15. The highest BCUT2D eigenvalue weighted by atomic mass is 16.5. The Morgan fingerprint density at radius 1 is 1.69 bits per heavy atom. The summed E-state index contributed by atoms with van der Waals surface area (Å²) in [5.74, 6) is 0. The summed E-state index contributed by atoms with van der Waals surface area (Å²) in [4.78, 5) is 0. The topological polar surface area (TPSA) is 62.3 Å². The van der Waals surface area contributed by atoms with Crippen molar-refractivity contribution < 1.29 is 9.47 Å². The molecule has 2 heterocycles. The Morgan fingerprint density at radius 2 is 2.56 bits per heavy atom. The van der Waals surface area contributed by atoms with E-state index in [9.17, 15) is 0 Å². The number of aryl methyl sites for hydroxylation is 1. The molecule has 2 N–H and O–H groups in total. The highest BCUT2D eigenvalue weighted by Crippen LogP contribution is 2.14. The molecule has 0 aliphatic carbocycles. The van der Waals surface area contributed by atoms with Gasteiger partial charge in [-0.3, -0.25) is 4.68 Å². The molecule has 5 heteroatoms. The van der Waals surface area contributed by atoms with Crippen molar-refractivity contribution in [3.8, 4) is 0 Å². The highest BCUT2D eigenvalue weighted by Gasteiger charge is 2.16. The molecule has 1 saturated heterocycles. The van der Waals surface area contributed by atoms with Crippen molar-refractivity contribution in [1.82, 2.24) is 9.78 Å². The first-order valence-electron chi connectivity index (χ1n) is 5.70. The van der Waals surface area contributed by atoms with E-state index in [1.807, 2.05) is 11.7 Å². The predicted molar refractivity (Wildman–Crippen MR) is 59.7 cm³/mol. The molecule has 90 valence electrons. The second-order valence-electron chi connectivity index (χ2n) is 4.09. The molecule has 0 saturated carbocycles. The first-order chi connectivity index (χ1) is 7.81. The molecule has 1 aromatic heterocycles. The van der Waals surface area contributed by atoms with Crippen LogP contribution in [-0.4, -0.2) is 29.1 Å². The first-order valence-corrected chi connectivity index (χ1v) is 5.70. The van der Waals surface area contributed by atoms with Gasteiger partial charge in [0.1, 0.15) is 0 Å². The number of hydrogen-bond donors (Lipinski definition) is 1. The third-order valence-corrected chi connectivity index (χ3v) is 2.93. The second kappa shape index (κ2) is 5.43. The minimum absolute atomic E-state index is 0.273. The van der Waals surface area contributed by atoms with Gasteiger partial charge in [-0.2, -0.15) is 5.10 Å². The maximum Gasteiger partial charge on any atom is 0.0889 e. The number of hydrogen-bond acceptors (Lipinski definition) is 4. The Morgan fingerprint density at radius 3 is 3.25 bits per heavy atom. The second-order valence-corrected chi connectivity index (χ2v) is 4.09. The quantitative estimate of drug-likeness (QED) is 0.796. The maximum atomic E-state index is 5.64. The normalized spacial score (nSPS) is 20.5. The van der Waals surface area contributed by atoms with E-state index in [0.29, 0.717) is 19.8 Å². The van der Waals surface area contributed by atoms with Crippen molar-refractivity contribution in [2.75, 3.05) is 13.2 Å². The van der Waals surface area contributed by atoms with Gasteiger partial charge in [-0.15, -0.1) is 0 Å². The minimum atomic E-state index is 0.273. The summed E-state index contributed by atoms with van der Waals surface area (Å²) in [7, 11) is 1.91. The standard InChI is InChI=1S/C11H19N3O2/c1-14-11(9(5-12)6-13-14)8-15-7-10-3-2-4-16-10/h6,10H,2-5,7-8,12H2,1H3/t10-/m1/s1. The van der Waals surface area contributed by atoms with Crippen LogP contribution in [0.3, 0.4) is 0 Å². The molecule has 1 aliphatic rings. The summed E-state index contributed by atoms with van der Waals surface area (Å²) < 4.78 is 12.9. The van der Waals surface area contributed by atoms with E-state index in [1.54, 1.807) is 6.20 Å². The zero-order chi connectivity index (χ0) is 11.4. The van der Waals surface area contributed by atoms with Crippen LogP contribution in [0.5, 0.6) is 0 Å². The molecule has 1 aromatic rings. The van der Waals surface area contributed by atoms with Crippen LogP contribution in [0.4, 0.5) is 0 Å². The van der Waals surface area contributed by atoms with Crippen LogP contribution in [0.25, 0.3) is 0 Å². The molecule has 1 atom stereocenters. The summed E-state index contributed by atoms with van der Waals surface area (Å²) in [6.07, 6.45) is 4.32. The van der Waals surface area contributed by atoms with Gasteiger partial charge in [0.05, 0.1) is 31.2 Å². The van der Waals surface area contributed by atoms with Crippen LogP contribution >= 0.6 is 0 Å². The Bertz CT molecular complexity index is 332. The van der Waals surface area contributed by atoms with Crippen molar-refractivity contribution in [2.45, 2.75) is 32.1 Å². The SMILES string of the molecule is Cn1ncc(CN)c1COC[C@H]1CCCO1. The molecule has 1 aliphatic heterocycles. The third kappa shape index (κ3) is 2.61. The van der Waals surface area contributed by atoms with Crippen molar-refractivity contribution >= 4 is 0 Å². The Balaban J connectivity index is 1.81. The highest BCUT2D eigenvalue weighted by molar-refractivity contribution is 5.16. The molecule has 0 aromatic carbocycles. The molecule has 0 amide bonds. The van der Waals surface area contributed by atoms with Crippen LogP contribution in [-0.2, 0) is 29.7 Å². The Kier molecular flexibility index (Phi) is 3.93. The van der Waals surface area contributed by atoms with E-state index < -0.39 is 0 Å². The summed E-state index contributed by atoms with van der Waals surface area (Å²) in [6.45, 7) is 2.60. The zero-order valence-electron chi connectivity index (χ0n) is 9.69. The summed E-state index contributed by atoms with van der Waals surface area (Å²) in [5.41, 5.74) is 7.73. The van der Waals surface area contributed by atoms with Gasteiger partial charge in [0.15, 0.2) is 0 Å². The summed E-state index contributed by atoms with van der Waals surface area (Å²) >= 11 is 0. The Hall–Kier alpha value is -0.910. The largest absolute Gasteiger partial charge is 0.376 e. The van der Waals surface area contributed by atoms with Crippen LogP contribution in [0, 0.1) is 0 Å². The predicted octanol–water partition coefficient (Wildman–Crippen LogP) is 0.574. The van der Waals surface area contributed by atoms with Gasteiger partial charge in [-0.25, -0.2) is 0 Å². The fourth-order valence-corrected chi connectivity index (χ4v) is 1.93. The molecular formula is C11H19N3O2. The number of rotatable bonds is 5. The molecular weight excluding hydrogens is 206 g/mol. The summed E-state index contributed by atoms with van der Waals surface area (Å²) in [6, 6.07) is 0. The van der Waals surface area contributed by atoms with Gasteiger partial charge in [-0.05, 0) is 12.8 Å². The third-order valence-electron chi connectivity index (χ3n) is 2.93. The Labute approximate surface area is 95.5 Å². The molecule has 0 unspecified atom stereocenters. The zero-order valence-corrected chi connectivity index (χ0v) is 9.69. The number of nitrogens with zero attached hydrogens (tertiary/aromatic N) is 2. The summed E-state index contributed by atoms with van der Waals surface area (Å²) in [5, 5.41) is 4.16. The lowest BCUT2D eigenvalue weighted by atomic mass is 10.2. The van der Waals surface area contributed by atoms with Crippen LogP contribution in [0.2, 0.25) is 0 Å². The molecule has 2 rings (SSSR count). The number of aromatic nitrogens is 2. The number of ether oxygens (including phenoxy) is 2. The molecule has 0 radical (unpaired) electrons. The van der Waals surface area contributed by atoms with Gasteiger partial charge in [0.2, 0.25) is 0 Å². The fraction of sp³-hybridized carbons (Fsp3) is 0.727. The van der Waals surface area contributed by atoms with Crippen molar-refractivity contribution in [3.05, 3.63) is 17.5 Å². The van der Waals surface area contributed by atoms with Gasteiger partial charge in [-0.1, -0.05) is 0 Å². The fourth-order valence-electron chi connectivity index (χ4n) is 1.93. The van der Waals surface area contributed by atoms with E-state index in [1.165, 1.54) is 0 Å².